The number of carbonyl (C=O) groups is 1. The van der Waals surface area contributed by atoms with E-state index in [1.165, 1.54) is 14.0 Å². The first-order valence-corrected chi connectivity index (χ1v) is 11.0. The van der Waals surface area contributed by atoms with Gasteiger partial charge >= 0.3 is 6.18 Å². The van der Waals surface area contributed by atoms with Crippen LogP contribution < -0.4 is 5.32 Å². The lowest BCUT2D eigenvalue weighted by Gasteiger charge is -2.32. The second-order valence-corrected chi connectivity index (χ2v) is 8.33. The molecule has 1 fully saturated rings. The van der Waals surface area contributed by atoms with E-state index in [4.69, 9.17) is 4.74 Å². The summed E-state index contributed by atoms with van der Waals surface area (Å²) in [4.78, 5) is 19.6. The van der Waals surface area contributed by atoms with E-state index in [9.17, 15) is 18.0 Å². The van der Waals surface area contributed by atoms with Crippen LogP contribution in [0.5, 0.6) is 0 Å². The van der Waals surface area contributed by atoms with Crippen molar-refractivity contribution in [3.63, 3.8) is 0 Å². The summed E-state index contributed by atoms with van der Waals surface area (Å²) in [6, 6.07) is 20.0. The zero-order chi connectivity index (χ0) is 24.3. The third-order valence-corrected chi connectivity index (χ3v) is 6.00. The van der Waals surface area contributed by atoms with Gasteiger partial charge in [-0.1, -0.05) is 60.7 Å². The number of nitrogens with one attached hydrogen (secondary N) is 1. The topological polar surface area (TPSA) is 54.5 Å². The second kappa shape index (κ2) is 9.85. The van der Waals surface area contributed by atoms with E-state index in [-0.39, 0.29) is 23.5 Å². The first-order chi connectivity index (χ1) is 16.3. The summed E-state index contributed by atoms with van der Waals surface area (Å²) in [6.45, 7) is 1.96. The van der Waals surface area contributed by atoms with Gasteiger partial charge in [0.05, 0.1) is 17.6 Å². The van der Waals surface area contributed by atoms with Crippen LogP contribution in [0.4, 0.5) is 19.0 Å². The summed E-state index contributed by atoms with van der Waals surface area (Å²) in [5.74, 6) is -0.0565. The molecule has 8 heteroatoms. The lowest BCUT2D eigenvalue weighted by atomic mass is 9.99. The number of aromatic nitrogens is 1. The summed E-state index contributed by atoms with van der Waals surface area (Å²) in [5.41, 5.74) is 1.14. The Morgan fingerprint density at radius 3 is 2.35 bits per heavy atom. The number of alkyl halides is 3. The van der Waals surface area contributed by atoms with Crippen LogP contribution in [0.2, 0.25) is 0 Å². The molecule has 2 heterocycles. The molecule has 3 aromatic rings. The van der Waals surface area contributed by atoms with Gasteiger partial charge in [-0.25, -0.2) is 4.98 Å². The van der Waals surface area contributed by atoms with Gasteiger partial charge in [-0.15, -0.1) is 0 Å². The van der Waals surface area contributed by atoms with E-state index in [1.807, 2.05) is 60.7 Å². The van der Waals surface area contributed by atoms with Crippen molar-refractivity contribution >= 4 is 11.7 Å². The fourth-order valence-corrected chi connectivity index (χ4v) is 4.51. The minimum absolute atomic E-state index is 0.138. The van der Waals surface area contributed by atoms with E-state index in [0.717, 1.165) is 23.3 Å². The molecule has 34 heavy (non-hydrogen) atoms. The Morgan fingerprint density at radius 2 is 1.74 bits per heavy atom. The fraction of sp³-hybridized carbons (Fsp3) is 0.308. The van der Waals surface area contributed by atoms with Gasteiger partial charge in [0.2, 0.25) is 0 Å². The Labute approximate surface area is 196 Å². The molecule has 1 aromatic heterocycles. The van der Waals surface area contributed by atoms with Crippen molar-refractivity contribution in [2.24, 2.45) is 0 Å². The molecule has 0 spiro atoms. The van der Waals surface area contributed by atoms with Crippen LogP contribution in [0.3, 0.4) is 0 Å². The molecule has 1 N–H and O–H groups in total. The molecule has 1 aliphatic heterocycles. The fourth-order valence-electron chi connectivity index (χ4n) is 4.51. The van der Waals surface area contributed by atoms with E-state index in [2.05, 4.69) is 10.3 Å². The smallest absolute Gasteiger partial charge is 0.367 e. The number of nitrogens with zero attached hydrogens (tertiary/aromatic N) is 2. The van der Waals surface area contributed by atoms with E-state index < -0.39 is 23.9 Å². The van der Waals surface area contributed by atoms with Gasteiger partial charge in [0.1, 0.15) is 5.82 Å². The molecule has 2 unspecified atom stereocenters. The predicted octanol–water partition coefficient (Wildman–Crippen LogP) is 5.55. The number of pyridine rings is 1. The molecule has 1 saturated heterocycles. The Kier molecular flexibility index (Phi) is 6.88. The minimum atomic E-state index is -4.47. The Hall–Kier alpha value is -3.39. The number of rotatable bonds is 6. The standard InChI is InChI=1S/C26H26F3N3O2/c1-17-15-20(26(27,28)29)16-22(30-17)31-21-13-14-32(23(21)18-9-5-3-6-10-18)25(33)24(34-2)19-11-7-4-8-12-19/h3-12,15-16,21,23-24H,13-14H2,1-2H3,(H,30,31)/t21?,23?,24-/m1/s1. The average molecular weight is 470 g/mol. The molecule has 0 radical (unpaired) electrons. The van der Waals surface area contributed by atoms with E-state index >= 15 is 0 Å². The lowest BCUT2D eigenvalue weighted by molar-refractivity contribution is -0.143. The third kappa shape index (κ3) is 5.07. The van der Waals surface area contributed by atoms with Crippen LogP contribution in [-0.4, -0.2) is 35.5 Å². The number of ether oxygens (including phenoxy) is 1. The Balaban J connectivity index is 1.66. The highest BCUT2D eigenvalue weighted by Gasteiger charge is 2.41. The van der Waals surface area contributed by atoms with Crippen molar-refractivity contribution in [3.8, 4) is 0 Å². The van der Waals surface area contributed by atoms with E-state index in [1.54, 1.807) is 4.90 Å². The highest BCUT2D eigenvalue weighted by molar-refractivity contribution is 5.83. The summed E-state index contributed by atoms with van der Waals surface area (Å²) in [6.07, 6.45) is -4.70. The van der Waals surface area contributed by atoms with E-state index in [0.29, 0.717) is 13.0 Å². The maximum absolute atomic E-state index is 13.6. The van der Waals surface area contributed by atoms with Crippen molar-refractivity contribution in [1.29, 1.82) is 0 Å². The monoisotopic (exact) mass is 469 g/mol. The summed E-state index contributed by atoms with van der Waals surface area (Å²) in [7, 11) is 1.49. The van der Waals surface area contributed by atoms with Crippen LogP contribution in [-0.2, 0) is 15.7 Å². The van der Waals surface area contributed by atoms with Crippen LogP contribution in [0.15, 0.2) is 72.8 Å². The van der Waals surface area contributed by atoms with Crippen LogP contribution in [0, 0.1) is 6.92 Å². The second-order valence-electron chi connectivity index (χ2n) is 8.33. The number of anilines is 1. The first kappa shape index (κ1) is 23.8. The number of amides is 1. The molecule has 0 bridgehead atoms. The molecule has 1 aliphatic rings. The third-order valence-electron chi connectivity index (χ3n) is 6.00. The quantitative estimate of drug-likeness (QED) is 0.514. The maximum atomic E-state index is 13.6. The predicted molar refractivity (Wildman–Crippen MR) is 123 cm³/mol. The van der Waals surface area contributed by atoms with Crippen LogP contribution in [0.1, 0.15) is 41.0 Å². The molecular weight excluding hydrogens is 443 g/mol. The summed E-state index contributed by atoms with van der Waals surface area (Å²) >= 11 is 0. The summed E-state index contributed by atoms with van der Waals surface area (Å²) in [5, 5.41) is 3.18. The molecular formula is C26H26F3N3O2. The number of likely N-dealkylation sites (tertiary alicyclic amines) is 1. The number of halogens is 3. The normalized spacial score (nSPS) is 19.1. The van der Waals surface area contributed by atoms with Gasteiger partial charge in [-0.3, -0.25) is 4.79 Å². The largest absolute Gasteiger partial charge is 0.416 e. The van der Waals surface area contributed by atoms with Crippen LogP contribution >= 0.6 is 0 Å². The molecule has 5 nitrogen and oxygen atoms in total. The molecule has 1 amide bonds. The van der Waals surface area contributed by atoms with Crippen molar-refractivity contribution < 1.29 is 22.7 Å². The minimum Gasteiger partial charge on any atom is -0.367 e. The molecule has 3 atom stereocenters. The number of carbonyl (C=O) groups excluding carboxylic acids is 1. The summed E-state index contributed by atoms with van der Waals surface area (Å²) < 4.78 is 45.6. The molecule has 178 valence electrons. The Bertz CT molecular complexity index is 1120. The number of hydrogen-bond acceptors (Lipinski definition) is 4. The number of methoxy groups -OCH3 is 1. The molecule has 4 rings (SSSR count). The van der Waals surface area contributed by atoms with Crippen molar-refractivity contribution in [1.82, 2.24) is 9.88 Å². The lowest BCUT2D eigenvalue weighted by Crippen LogP contribution is -2.39. The maximum Gasteiger partial charge on any atom is 0.416 e. The number of benzene rings is 2. The van der Waals surface area contributed by atoms with Gasteiger partial charge in [0, 0.05) is 19.3 Å². The zero-order valence-electron chi connectivity index (χ0n) is 18.9. The van der Waals surface area contributed by atoms with Crippen molar-refractivity contribution in [3.05, 3.63) is 95.2 Å². The highest BCUT2D eigenvalue weighted by Crippen LogP contribution is 2.38. The van der Waals surface area contributed by atoms with Crippen LogP contribution in [0.25, 0.3) is 0 Å². The van der Waals surface area contributed by atoms with Crippen molar-refractivity contribution in [2.75, 3.05) is 19.0 Å². The molecule has 2 aromatic carbocycles. The molecule has 0 aliphatic carbocycles. The number of aryl methyl sites for hydroxylation is 1. The zero-order valence-corrected chi connectivity index (χ0v) is 18.9. The van der Waals surface area contributed by atoms with Crippen molar-refractivity contribution in [2.45, 2.75) is 37.7 Å². The first-order valence-electron chi connectivity index (χ1n) is 11.0. The Morgan fingerprint density at radius 1 is 1.09 bits per heavy atom. The van der Waals surface area contributed by atoms with Gasteiger partial charge in [0.25, 0.3) is 5.91 Å². The SMILES string of the molecule is CO[C@@H](C(=O)N1CCC(Nc2cc(C(F)(F)F)cc(C)n2)C1c1ccccc1)c1ccccc1. The average Bonchev–Trinajstić information content (AvgIpc) is 3.23. The van der Waals surface area contributed by atoms with Gasteiger partial charge in [-0.05, 0) is 36.6 Å². The molecule has 0 saturated carbocycles. The van der Waals surface area contributed by atoms with Gasteiger partial charge < -0.3 is 15.0 Å². The van der Waals surface area contributed by atoms with Gasteiger partial charge in [-0.2, -0.15) is 13.2 Å². The van der Waals surface area contributed by atoms with Gasteiger partial charge in [0.15, 0.2) is 6.10 Å². The number of hydrogen-bond donors (Lipinski definition) is 1. The highest BCUT2D eigenvalue weighted by atomic mass is 19.4.